The number of epoxide rings is 2. The normalized spacial score (nSPS) is 23.6. The zero-order chi connectivity index (χ0) is 17.3. The third-order valence-electron chi connectivity index (χ3n) is 4.51. The molecule has 4 rings (SSSR count). The van der Waals surface area contributed by atoms with Gasteiger partial charge in [0.05, 0.1) is 13.2 Å². The minimum Gasteiger partial charge on any atom is -0.491 e. The van der Waals surface area contributed by atoms with Gasteiger partial charge in [0.25, 0.3) is 0 Å². The van der Waals surface area contributed by atoms with Crippen molar-refractivity contribution in [1.82, 2.24) is 0 Å². The van der Waals surface area contributed by atoms with E-state index in [0.717, 1.165) is 35.8 Å². The van der Waals surface area contributed by atoms with E-state index in [-0.39, 0.29) is 12.2 Å². The van der Waals surface area contributed by atoms with Crippen molar-refractivity contribution in [3.63, 3.8) is 0 Å². The number of benzene rings is 2. The molecule has 132 valence electrons. The smallest absolute Gasteiger partial charge is 0.119 e. The fraction of sp³-hybridized carbons (Fsp3) is 0.400. The van der Waals surface area contributed by atoms with Gasteiger partial charge in [0.1, 0.15) is 42.5 Å². The Morgan fingerprint density at radius 2 is 1.20 bits per heavy atom. The molecular weight excluding hydrogens is 320 g/mol. The lowest BCUT2D eigenvalue weighted by Crippen LogP contribution is -2.22. The van der Waals surface area contributed by atoms with Crippen molar-refractivity contribution in [3.8, 4) is 11.5 Å². The van der Waals surface area contributed by atoms with Gasteiger partial charge in [-0.1, -0.05) is 24.3 Å². The Kier molecular flexibility index (Phi) is 4.37. The maximum absolute atomic E-state index is 11.0. The predicted octanol–water partition coefficient (Wildman–Crippen LogP) is 2.50. The predicted molar refractivity (Wildman–Crippen MR) is 92.0 cm³/mol. The van der Waals surface area contributed by atoms with Gasteiger partial charge >= 0.3 is 0 Å². The topological polar surface area (TPSA) is 63.8 Å². The Balaban J connectivity index is 1.41. The number of ether oxygens (including phenoxy) is 4. The quantitative estimate of drug-likeness (QED) is 0.747. The van der Waals surface area contributed by atoms with E-state index in [1.165, 1.54) is 0 Å². The van der Waals surface area contributed by atoms with Gasteiger partial charge in [-0.25, -0.2) is 0 Å². The van der Waals surface area contributed by atoms with Crippen molar-refractivity contribution < 1.29 is 24.1 Å². The summed E-state index contributed by atoms with van der Waals surface area (Å²) in [6.07, 6.45) is 0.463. The SMILES string of the molecule is CC(O)(c1ccc(OCC2CO2)cc1)c1ccc(OCC2CO2)cc1. The first-order valence-electron chi connectivity index (χ1n) is 8.53. The van der Waals surface area contributed by atoms with Crippen LogP contribution in [0.4, 0.5) is 0 Å². The first-order valence-corrected chi connectivity index (χ1v) is 8.53. The maximum atomic E-state index is 11.0. The first-order chi connectivity index (χ1) is 12.1. The largest absolute Gasteiger partial charge is 0.491 e. The van der Waals surface area contributed by atoms with Crippen molar-refractivity contribution in [2.75, 3.05) is 26.4 Å². The third kappa shape index (κ3) is 4.12. The van der Waals surface area contributed by atoms with Gasteiger partial charge in [0, 0.05) is 0 Å². The molecule has 0 saturated carbocycles. The standard InChI is InChI=1S/C20H22O5/c1-20(21,14-2-6-16(7-3-14)22-10-18-12-24-18)15-4-8-17(9-5-15)23-11-19-13-25-19/h2-9,18-19,21H,10-13H2,1H3. The van der Waals surface area contributed by atoms with Crippen LogP contribution in [-0.2, 0) is 15.1 Å². The number of rotatable bonds is 8. The summed E-state index contributed by atoms with van der Waals surface area (Å²) in [5, 5.41) is 11.0. The van der Waals surface area contributed by atoms with Gasteiger partial charge in [-0.2, -0.15) is 0 Å². The summed E-state index contributed by atoms with van der Waals surface area (Å²) in [5.74, 6) is 1.56. The summed E-state index contributed by atoms with van der Waals surface area (Å²) >= 11 is 0. The summed E-state index contributed by atoms with van der Waals surface area (Å²) in [6, 6.07) is 15.0. The number of hydrogen-bond acceptors (Lipinski definition) is 5. The number of aliphatic hydroxyl groups is 1. The lowest BCUT2D eigenvalue weighted by Gasteiger charge is -2.25. The van der Waals surface area contributed by atoms with Crippen LogP contribution in [-0.4, -0.2) is 43.7 Å². The van der Waals surface area contributed by atoms with Gasteiger partial charge < -0.3 is 24.1 Å². The molecule has 2 heterocycles. The van der Waals surface area contributed by atoms with Crippen molar-refractivity contribution in [1.29, 1.82) is 0 Å². The second kappa shape index (κ2) is 6.67. The average Bonchev–Trinajstić information content (AvgIpc) is 3.54. The highest BCUT2D eigenvalue weighted by Gasteiger charge is 2.27. The van der Waals surface area contributed by atoms with E-state index in [1.807, 2.05) is 48.5 Å². The third-order valence-corrected chi connectivity index (χ3v) is 4.51. The molecule has 0 radical (unpaired) electrons. The monoisotopic (exact) mass is 342 g/mol. The van der Waals surface area contributed by atoms with Crippen LogP contribution in [0.15, 0.2) is 48.5 Å². The van der Waals surface area contributed by atoms with Gasteiger partial charge in [-0.3, -0.25) is 0 Å². The summed E-state index contributed by atoms with van der Waals surface area (Å²) in [6.45, 7) is 4.49. The van der Waals surface area contributed by atoms with Crippen molar-refractivity contribution >= 4 is 0 Å². The Morgan fingerprint density at radius 1 is 0.840 bits per heavy atom. The summed E-state index contributed by atoms with van der Waals surface area (Å²) in [5.41, 5.74) is 0.529. The highest BCUT2D eigenvalue weighted by molar-refractivity contribution is 5.40. The van der Waals surface area contributed by atoms with Crippen molar-refractivity contribution in [3.05, 3.63) is 59.7 Å². The Hall–Kier alpha value is -2.08. The highest BCUT2D eigenvalue weighted by Crippen LogP contribution is 2.31. The van der Waals surface area contributed by atoms with E-state index in [4.69, 9.17) is 18.9 Å². The van der Waals surface area contributed by atoms with Crippen LogP contribution in [0.1, 0.15) is 18.1 Å². The molecule has 0 spiro atoms. The Labute approximate surface area is 147 Å². The van der Waals surface area contributed by atoms with E-state index in [9.17, 15) is 5.11 Å². The van der Waals surface area contributed by atoms with Crippen LogP contribution in [0.3, 0.4) is 0 Å². The summed E-state index contributed by atoms with van der Waals surface area (Å²) in [4.78, 5) is 0. The molecule has 0 aliphatic carbocycles. The van der Waals surface area contributed by atoms with E-state index < -0.39 is 5.60 Å². The van der Waals surface area contributed by atoms with Gasteiger partial charge in [-0.15, -0.1) is 0 Å². The molecule has 0 amide bonds. The van der Waals surface area contributed by atoms with Gasteiger partial charge in [-0.05, 0) is 42.3 Å². The van der Waals surface area contributed by atoms with Gasteiger partial charge in [0.15, 0.2) is 0 Å². The number of hydrogen-bond donors (Lipinski definition) is 1. The molecule has 2 aromatic carbocycles. The molecule has 0 aromatic heterocycles. The van der Waals surface area contributed by atoms with Crippen LogP contribution in [0.2, 0.25) is 0 Å². The Morgan fingerprint density at radius 3 is 1.52 bits per heavy atom. The summed E-state index contributed by atoms with van der Waals surface area (Å²) in [7, 11) is 0. The van der Waals surface area contributed by atoms with Crippen LogP contribution >= 0.6 is 0 Å². The van der Waals surface area contributed by atoms with E-state index in [2.05, 4.69) is 0 Å². The molecular formula is C20H22O5. The molecule has 5 nitrogen and oxygen atoms in total. The second-order valence-corrected chi connectivity index (χ2v) is 6.65. The van der Waals surface area contributed by atoms with E-state index in [0.29, 0.717) is 13.2 Å². The molecule has 5 heteroatoms. The lowest BCUT2D eigenvalue weighted by molar-refractivity contribution is 0.102. The molecule has 2 unspecified atom stereocenters. The molecule has 0 bridgehead atoms. The molecule has 25 heavy (non-hydrogen) atoms. The lowest BCUT2D eigenvalue weighted by atomic mass is 9.88. The average molecular weight is 342 g/mol. The molecule has 2 saturated heterocycles. The Bertz CT molecular complexity index is 638. The zero-order valence-corrected chi connectivity index (χ0v) is 14.2. The van der Waals surface area contributed by atoms with Crippen molar-refractivity contribution in [2.24, 2.45) is 0 Å². The van der Waals surface area contributed by atoms with Crippen LogP contribution in [0, 0.1) is 0 Å². The highest BCUT2D eigenvalue weighted by atomic mass is 16.6. The fourth-order valence-electron chi connectivity index (χ4n) is 2.62. The molecule has 1 N–H and O–H groups in total. The molecule has 2 aromatic rings. The molecule has 2 aliphatic heterocycles. The minimum atomic E-state index is -1.09. The first kappa shape index (κ1) is 16.4. The second-order valence-electron chi connectivity index (χ2n) is 6.65. The summed E-state index contributed by atoms with van der Waals surface area (Å²) < 4.78 is 21.5. The van der Waals surface area contributed by atoms with Crippen LogP contribution in [0.5, 0.6) is 11.5 Å². The minimum absolute atomic E-state index is 0.231. The van der Waals surface area contributed by atoms with E-state index in [1.54, 1.807) is 6.92 Å². The fourth-order valence-corrected chi connectivity index (χ4v) is 2.62. The van der Waals surface area contributed by atoms with Crippen LogP contribution < -0.4 is 9.47 Å². The van der Waals surface area contributed by atoms with Crippen LogP contribution in [0.25, 0.3) is 0 Å². The van der Waals surface area contributed by atoms with Gasteiger partial charge in [0.2, 0.25) is 0 Å². The van der Waals surface area contributed by atoms with E-state index >= 15 is 0 Å². The zero-order valence-electron chi connectivity index (χ0n) is 14.2. The molecule has 2 atom stereocenters. The maximum Gasteiger partial charge on any atom is 0.119 e. The molecule has 2 aliphatic rings. The molecule has 2 fully saturated rings. The van der Waals surface area contributed by atoms with Crippen molar-refractivity contribution in [2.45, 2.75) is 24.7 Å².